The van der Waals surface area contributed by atoms with Gasteiger partial charge in [0.1, 0.15) is 0 Å². The maximum absolute atomic E-state index is 6.11. The molecule has 0 radical (unpaired) electrons. The Balaban J connectivity index is 2.09. The van der Waals surface area contributed by atoms with E-state index in [9.17, 15) is 0 Å². The first-order chi connectivity index (χ1) is 8.88. The van der Waals surface area contributed by atoms with Crippen molar-refractivity contribution in [3.63, 3.8) is 0 Å². The normalized spacial score (nSPS) is 11.6. The first-order valence-electron chi connectivity index (χ1n) is 6.01. The molecule has 0 saturated heterocycles. The summed E-state index contributed by atoms with van der Waals surface area (Å²) in [5.74, 6) is 0. The van der Waals surface area contributed by atoms with Crippen LogP contribution in [0.25, 0.3) is 0 Å². The summed E-state index contributed by atoms with van der Waals surface area (Å²) < 4.78 is 0. The van der Waals surface area contributed by atoms with Crippen LogP contribution in [0.2, 0.25) is 10.0 Å². The summed E-state index contributed by atoms with van der Waals surface area (Å²) in [4.78, 5) is 5.62. The molecule has 0 spiro atoms. The molecule has 2 rings (SSSR count). The highest BCUT2D eigenvalue weighted by atomic mass is 35.5. The van der Waals surface area contributed by atoms with Crippen LogP contribution in [0.4, 0.5) is 5.69 Å². The van der Waals surface area contributed by atoms with Gasteiger partial charge in [0.25, 0.3) is 0 Å². The van der Waals surface area contributed by atoms with E-state index in [4.69, 9.17) is 23.2 Å². The Bertz CT molecular complexity index is 553. The van der Waals surface area contributed by atoms with Crippen LogP contribution < -0.4 is 5.32 Å². The lowest BCUT2D eigenvalue weighted by Crippen LogP contribution is -2.09. The highest BCUT2D eigenvalue weighted by Crippen LogP contribution is 2.31. The van der Waals surface area contributed by atoms with Crippen molar-refractivity contribution < 1.29 is 0 Å². The number of thiazole rings is 1. The molecule has 0 amide bonds. The minimum Gasteiger partial charge on any atom is -0.378 e. The Morgan fingerprint density at radius 2 is 1.84 bits per heavy atom. The van der Waals surface area contributed by atoms with E-state index in [1.165, 1.54) is 4.88 Å². The van der Waals surface area contributed by atoms with Crippen molar-refractivity contribution >= 4 is 40.2 Å². The standard InChI is InChI=1S/C14H16Cl2N2S/c1-14(2,3)13-18-8-9(19-13)7-17-12-10(15)5-4-6-11(12)16/h4-6,8,17H,7H2,1-3H3. The Labute approximate surface area is 127 Å². The first-order valence-corrected chi connectivity index (χ1v) is 7.58. The maximum Gasteiger partial charge on any atom is 0.0981 e. The molecule has 1 aromatic heterocycles. The molecule has 1 aromatic carbocycles. The summed E-state index contributed by atoms with van der Waals surface area (Å²) in [5.41, 5.74) is 0.863. The number of rotatable bonds is 3. The van der Waals surface area contributed by atoms with E-state index < -0.39 is 0 Å². The van der Waals surface area contributed by atoms with Crippen molar-refractivity contribution in [1.82, 2.24) is 4.98 Å². The Hall–Kier alpha value is -0.770. The van der Waals surface area contributed by atoms with Crippen LogP contribution in [0, 0.1) is 0 Å². The van der Waals surface area contributed by atoms with Crippen LogP contribution in [0.15, 0.2) is 24.4 Å². The van der Waals surface area contributed by atoms with Crippen molar-refractivity contribution in [1.29, 1.82) is 0 Å². The smallest absolute Gasteiger partial charge is 0.0981 e. The third kappa shape index (κ3) is 3.62. The van der Waals surface area contributed by atoms with Crippen molar-refractivity contribution in [2.75, 3.05) is 5.32 Å². The molecule has 0 aliphatic rings. The second kappa shape index (κ2) is 5.70. The molecule has 0 saturated carbocycles. The zero-order valence-corrected chi connectivity index (χ0v) is 13.5. The van der Waals surface area contributed by atoms with Gasteiger partial charge in [0.2, 0.25) is 0 Å². The molecule has 0 atom stereocenters. The van der Waals surface area contributed by atoms with Gasteiger partial charge in [-0.3, -0.25) is 0 Å². The van der Waals surface area contributed by atoms with Crippen LogP contribution in [-0.4, -0.2) is 4.98 Å². The van der Waals surface area contributed by atoms with Gasteiger partial charge in [0.15, 0.2) is 0 Å². The number of aromatic nitrogens is 1. The lowest BCUT2D eigenvalue weighted by Gasteiger charge is -2.13. The summed E-state index contributed by atoms with van der Waals surface area (Å²) in [5, 5.41) is 5.67. The van der Waals surface area contributed by atoms with Gasteiger partial charge in [0.05, 0.1) is 27.3 Å². The fraction of sp³-hybridized carbons (Fsp3) is 0.357. The molecule has 0 unspecified atom stereocenters. The highest BCUT2D eigenvalue weighted by molar-refractivity contribution is 7.11. The molecule has 1 heterocycles. The molecule has 2 aromatic rings. The molecule has 102 valence electrons. The van der Waals surface area contributed by atoms with Crippen molar-refractivity contribution in [2.45, 2.75) is 32.7 Å². The van der Waals surface area contributed by atoms with Crippen molar-refractivity contribution in [3.05, 3.63) is 44.3 Å². The van der Waals surface area contributed by atoms with E-state index in [2.05, 4.69) is 31.1 Å². The molecular formula is C14H16Cl2N2S. The van der Waals surface area contributed by atoms with Gasteiger partial charge in [-0.25, -0.2) is 4.98 Å². The van der Waals surface area contributed by atoms with Gasteiger partial charge in [-0.1, -0.05) is 50.0 Å². The summed E-state index contributed by atoms with van der Waals surface area (Å²) in [6, 6.07) is 5.48. The van der Waals surface area contributed by atoms with Crippen LogP contribution in [0.3, 0.4) is 0 Å². The second-order valence-corrected chi connectivity index (χ2v) is 7.26. The van der Waals surface area contributed by atoms with Gasteiger partial charge in [-0.05, 0) is 12.1 Å². The summed E-state index contributed by atoms with van der Waals surface area (Å²) in [7, 11) is 0. The van der Waals surface area contributed by atoms with Gasteiger partial charge in [-0.15, -0.1) is 11.3 Å². The number of benzene rings is 1. The average Bonchev–Trinajstić information content (AvgIpc) is 2.77. The molecule has 0 aliphatic heterocycles. The molecule has 2 nitrogen and oxygen atoms in total. The van der Waals surface area contributed by atoms with Gasteiger partial charge in [-0.2, -0.15) is 0 Å². The molecule has 0 aliphatic carbocycles. The fourth-order valence-electron chi connectivity index (χ4n) is 1.58. The fourth-order valence-corrected chi connectivity index (χ4v) is 3.02. The highest BCUT2D eigenvalue weighted by Gasteiger charge is 2.18. The van der Waals surface area contributed by atoms with Crippen molar-refractivity contribution in [2.24, 2.45) is 0 Å². The maximum atomic E-state index is 6.11. The molecule has 0 bridgehead atoms. The van der Waals surface area contributed by atoms with E-state index in [0.29, 0.717) is 16.6 Å². The Morgan fingerprint density at radius 3 is 2.37 bits per heavy atom. The van der Waals surface area contributed by atoms with Crippen molar-refractivity contribution in [3.8, 4) is 0 Å². The zero-order chi connectivity index (χ0) is 14.0. The molecule has 0 fully saturated rings. The lowest BCUT2D eigenvalue weighted by molar-refractivity contribution is 0.585. The predicted octanol–water partition coefficient (Wildman–Crippen LogP) is 5.36. The van der Waals surface area contributed by atoms with Crippen LogP contribution >= 0.6 is 34.5 Å². The summed E-state index contributed by atoms with van der Waals surface area (Å²) in [6.45, 7) is 7.16. The molecule has 5 heteroatoms. The quantitative estimate of drug-likeness (QED) is 0.825. The minimum absolute atomic E-state index is 0.0882. The number of halogens is 2. The van der Waals surface area contributed by atoms with E-state index >= 15 is 0 Å². The number of hydrogen-bond donors (Lipinski definition) is 1. The topological polar surface area (TPSA) is 24.9 Å². The van der Waals surface area contributed by atoms with E-state index in [1.807, 2.05) is 24.4 Å². The predicted molar refractivity (Wildman–Crippen MR) is 84.6 cm³/mol. The summed E-state index contributed by atoms with van der Waals surface area (Å²) >= 11 is 13.9. The third-order valence-corrected chi connectivity index (χ3v) is 4.65. The van der Waals surface area contributed by atoms with E-state index in [1.54, 1.807) is 11.3 Å². The zero-order valence-electron chi connectivity index (χ0n) is 11.1. The number of para-hydroxylation sites is 1. The van der Waals surface area contributed by atoms with Crippen LogP contribution in [0.1, 0.15) is 30.7 Å². The number of anilines is 1. The van der Waals surface area contributed by atoms with E-state index in [0.717, 1.165) is 10.7 Å². The monoisotopic (exact) mass is 314 g/mol. The van der Waals surface area contributed by atoms with Gasteiger partial charge < -0.3 is 5.32 Å². The minimum atomic E-state index is 0.0882. The lowest BCUT2D eigenvalue weighted by atomic mass is 9.98. The van der Waals surface area contributed by atoms with Crippen LogP contribution in [0.5, 0.6) is 0 Å². The number of nitrogens with one attached hydrogen (secondary N) is 1. The molecular weight excluding hydrogens is 299 g/mol. The van der Waals surface area contributed by atoms with Crippen LogP contribution in [-0.2, 0) is 12.0 Å². The average molecular weight is 315 g/mol. The number of hydrogen-bond acceptors (Lipinski definition) is 3. The third-order valence-electron chi connectivity index (χ3n) is 2.60. The first kappa shape index (κ1) is 14.6. The van der Waals surface area contributed by atoms with Gasteiger partial charge >= 0.3 is 0 Å². The largest absolute Gasteiger partial charge is 0.378 e. The molecule has 19 heavy (non-hydrogen) atoms. The SMILES string of the molecule is CC(C)(C)c1ncc(CNc2c(Cl)cccc2Cl)s1. The summed E-state index contributed by atoms with van der Waals surface area (Å²) in [6.07, 6.45) is 1.91. The van der Waals surface area contributed by atoms with E-state index in [-0.39, 0.29) is 5.41 Å². The second-order valence-electron chi connectivity index (χ2n) is 5.33. The Kier molecular flexibility index (Phi) is 4.39. The van der Waals surface area contributed by atoms with Gasteiger partial charge in [0, 0.05) is 16.5 Å². The Morgan fingerprint density at radius 1 is 1.21 bits per heavy atom. The molecule has 1 N–H and O–H groups in total. The number of nitrogens with zero attached hydrogens (tertiary/aromatic N) is 1.